The molecule has 0 saturated heterocycles. The van der Waals surface area contributed by atoms with Crippen LogP contribution in [0.15, 0.2) is 77.9 Å². The Hall–Kier alpha value is -3.32. The van der Waals surface area contributed by atoms with E-state index in [-0.39, 0.29) is 5.92 Å². The molecule has 0 fully saturated rings. The van der Waals surface area contributed by atoms with Crippen molar-refractivity contribution >= 4 is 11.0 Å². The Bertz CT molecular complexity index is 1010. The number of benzene rings is 2. The SMILES string of the molecule is N#Cc1ccc2occc2c1CC(Cn1ccnc1)c1ccccc1. The minimum absolute atomic E-state index is 0.239. The van der Waals surface area contributed by atoms with Crippen LogP contribution in [0.3, 0.4) is 0 Å². The monoisotopic (exact) mass is 327 g/mol. The van der Waals surface area contributed by atoms with E-state index < -0.39 is 0 Å². The molecule has 0 saturated carbocycles. The zero-order chi connectivity index (χ0) is 17.1. The van der Waals surface area contributed by atoms with Crippen molar-refractivity contribution in [2.75, 3.05) is 0 Å². The topological polar surface area (TPSA) is 54.8 Å². The van der Waals surface area contributed by atoms with Crippen LogP contribution in [0.2, 0.25) is 0 Å². The molecule has 0 aliphatic carbocycles. The summed E-state index contributed by atoms with van der Waals surface area (Å²) in [6, 6.07) is 18.4. The molecule has 4 nitrogen and oxygen atoms in total. The molecule has 0 amide bonds. The molecule has 0 N–H and O–H groups in total. The lowest BCUT2D eigenvalue weighted by Gasteiger charge is -2.19. The number of aromatic nitrogens is 2. The number of nitriles is 1. The summed E-state index contributed by atoms with van der Waals surface area (Å²) < 4.78 is 7.61. The van der Waals surface area contributed by atoms with Gasteiger partial charge in [-0.3, -0.25) is 0 Å². The molecule has 25 heavy (non-hydrogen) atoms. The van der Waals surface area contributed by atoms with Crippen LogP contribution in [0, 0.1) is 11.3 Å². The lowest BCUT2D eigenvalue weighted by molar-refractivity contribution is 0.556. The van der Waals surface area contributed by atoms with E-state index in [2.05, 4.69) is 39.9 Å². The first-order valence-electron chi connectivity index (χ1n) is 8.25. The van der Waals surface area contributed by atoms with Crippen LogP contribution in [-0.2, 0) is 13.0 Å². The molecular formula is C21H17N3O. The van der Waals surface area contributed by atoms with Gasteiger partial charge in [0.25, 0.3) is 0 Å². The molecule has 0 bridgehead atoms. The average molecular weight is 327 g/mol. The number of rotatable bonds is 5. The molecule has 4 rings (SSSR count). The van der Waals surface area contributed by atoms with Crippen LogP contribution >= 0.6 is 0 Å². The van der Waals surface area contributed by atoms with Crippen LogP contribution in [0.1, 0.15) is 22.6 Å². The summed E-state index contributed by atoms with van der Waals surface area (Å²) in [5.74, 6) is 0.239. The van der Waals surface area contributed by atoms with Crippen molar-refractivity contribution in [3.63, 3.8) is 0 Å². The van der Waals surface area contributed by atoms with Gasteiger partial charge in [-0.1, -0.05) is 30.3 Å². The molecule has 0 aliphatic rings. The van der Waals surface area contributed by atoms with E-state index in [4.69, 9.17) is 4.42 Å². The molecule has 0 spiro atoms. The third-order valence-electron chi connectivity index (χ3n) is 4.58. The van der Waals surface area contributed by atoms with Crippen molar-refractivity contribution in [3.8, 4) is 6.07 Å². The van der Waals surface area contributed by atoms with E-state index in [0.717, 1.165) is 29.5 Å². The second kappa shape index (κ2) is 6.66. The summed E-state index contributed by atoms with van der Waals surface area (Å²) in [4.78, 5) is 4.15. The Morgan fingerprint density at radius 2 is 2.00 bits per heavy atom. The van der Waals surface area contributed by atoms with Gasteiger partial charge >= 0.3 is 0 Å². The van der Waals surface area contributed by atoms with Gasteiger partial charge in [0.2, 0.25) is 0 Å². The molecule has 4 aromatic rings. The Labute approximate surface area is 146 Å². The van der Waals surface area contributed by atoms with Gasteiger partial charge in [-0.05, 0) is 35.7 Å². The van der Waals surface area contributed by atoms with Crippen molar-refractivity contribution in [1.82, 2.24) is 9.55 Å². The third kappa shape index (κ3) is 3.05. The minimum Gasteiger partial charge on any atom is -0.464 e. The number of fused-ring (bicyclic) bond motifs is 1. The van der Waals surface area contributed by atoms with E-state index in [9.17, 15) is 5.26 Å². The molecule has 2 heterocycles. The van der Waals surface area contributed by atoms with E-state index >= 15 is 0 Å². The largest absolute Gasteiger partial charge is 0.464 e. The van der Waals surface area contributed by atoms with E-state index in [0.29, 0.717) is 5.56 Å². The van der Waals surface area contributed by atoms with Crippen LogP contribution < -0.4 is 0 Å². The number of hydrogen-bond donors (Lipinski definition) is 0. The number of furan rings is 1. The molecule has 1 unspecified atom stereocenters. The standard InChI is InChI=1S/C21H17N3O/c22-13-17-6-7-21-19(8-11-25-21)20(17)12-18(14-24-10-9-23-15-24)16-4-2-1-3-5-16/h1-11,15,18H,12,14H2. The van der Waals surface area contributed by atoms with Crippen LogP contribution in [0.4, 0.5) is 0 Å². The highest BCUT2D eigenvalue weighted by Crippen LogP contribution is 2.30. The van der Waals surface area contributed by atoms with Gasteiger partial charge in [-0.2, -0.15) is 5.26 Å². The van der Waals surface area contributed by atoms with Gasteiger partial charge in [0.15, 0.2) is 0 Å². The zero-order valence-corrected chi connectivity index (χ0v) is 13.7. The molecule has 0 radical (unpaired) electrons. The fourth-order valence-electron chi connectivity index (χ4n) is 3.34. The molecule has 1 atom stereocenters. The fourth-order valence-corrected chi connectivity index (χ4v) is 3.34. The second-order valence-corrected chi connectivity index (χ2v) is 6.11. The first kappa shape index (κ1) is 15.2. The van der Waals surface area contributed by atoms with Crippen LogP contribution in [-0.4, -0.2) is 9.55 Å². The highest BCUT2D eigenvalue weighted by atomic mass is 16.3. The van der Waals surface area contributed by atoms with Gasteiger partial charge in [-0.15, -0.1) is 0 Å². The molecule has 122 valence electrons. The Morgan fingerprint density at radius 1 is 1.12 bits per heavy atom. The summed E-state index contributed by atoms with van der Waals surface area (Å²) in [5.41, 5.74) is 3.83. The van der Waals surface area contributed by atoms with Gasteiger partial charge in [0, 0.05) is 30.2 Å². The summed E-state index contributed by atoms with van der Waals surface area (Å²) >= 11 is 0. The van der Waals surface area contributed by atoms with E-state index in [1.807, 2.05) is 36.8 Å². The Balaban J connectivity index is 1.76. The second-order valence-electron chi connectivity index (χ2n) is 6.11. The first-order valence-corrected chi connectivity index (χ1v) is 8.25. The van der Waals surface area contributed by atoms with Gasteiger partial charge in [0.1, 0.15) is 5.58 Å². The van der Waals surface area contributed by atoms with Gasteiger partial charge < -0.3 is 8.98 Å². The minimum atomic E-state index is 0.239. The van der Waals surface area contributed by atoms with Crippen molar-refractivity contribution in [2.45, 2.75) is 18.9 Å². The van der Waals surface area contributed by atoms with Crippen molar-refractivity contribution in [1.29, 1.82) is 5.26 Å². The number of hydrogen-bond acceptors (Lipinski definition) is 3. The quantitative estimate of drug-likeness (QED) is 0.541. The smallest absolute Gasteiger partial charge is 0.134 e. The highest BCUT2D eigenvalue weighted by Gasteiger charge is 2.18. The molecule has 2 aromatic heterocycles. The van der Waals surface area contributed by atoms with Gasteiger partial charge in [-0.25, -0.2) is 4.98 Å². The summed E-state index contributed by atoms with van der Waals surface area (Å²) in [6.45, 7) is 0.809. The first-order chi connectivity index (χ1) is 12.3. The summed E-state index contributed by atoms with van der Waals surface area (Å²) in [6.07, 6.45) is 8.05. The van der Waals surface area contributed by atoms with Crippen molar-refractivity contribution in [3.05, 3.63) is 90.2 Å². The average Bonchev–Trinajstić information content (AvgIpc) is 3.33. The molecule has 0 aliphatic heterocycles. The molecule has 2 aromatic carbocycles. The van der Waals surface area contributed by atoms with Crippen LogP contribution in [0.25, 0.3) is 11.0 Å². The predicted molar refractivity (Wildman–Crippen MR) is 96.0 cm³/mol. The highest BCUT2D eigenvalue weighted by molar-refractivity contribution is 5.83. The van der Waals surface area contributed by atoms with Crippen molar-refractivity contribution < 1.29 is 4.42 Å². The van der Waals surface area contributed by atoms with E-state index in [1.165, 1.54) is 5.56 Å². The molecular weight excluding hydrogens is 310 g/mol. The zero-order valence-electron chi connectivity index (χ0n) is 13.7. The maximum Gasteiger partial charge on any atom is 0.134 e. The number of nitrogens with zero attached hydrogens (tertiary/aromatic N) is 3. The van der Waals surface area contributed by atoms with Gasteiger partial charge in [0.05, 0.1) is 24.2 Å². The Kier molecular flexibility index (Phi) is 4.05. The Morgan fingerprint density at radius 3 is 2.76 bits per heavy atom. The molecule has 4 heteroatoms. The predicted octanol–water partition coefficient (Wildman–Crippen LogP) is 4.53. The maximum absolute atomic E-state index is 9.56. The third-order valence-corrected chi connectivity index (χ3v) is 4.58. The summed E-state index contributed by atoms with van der Waals surface area (Å²) in [7, 11) is 0. The van der Waals surface area contributed by atoms with Crippen molar-refractivity contribution in [2.24, 2.45) is 0 Å². The normalized spacial score (nSPS) is 12.1. The number of imidazole rings is 1. The van der Waals surface area contributed by atoms with E-state index in [1.54, 1.807) is 12.5 Å². The fraction of sp³-hybridized carbons (Fsp3) is 0.143. The summed E-state index contributed by atoms with van der Waals surface area (Å²) in [5, 5.41) is 10.6. The lowest BCUT2D eigenvalue weighted by atomic mass is 9.88. The lowest BCUT2D eigenvalue weighted by Crippen LogP contribution is -2.12. The maximum atomic E-state index is 9.56. The van der Waals surface area contributed by atoms with Crippen LogP contribution in [0.5, 0.6) is 0 Å².